The number of rotatable bonds is 5. The van der Waals surface area contributed by atoms with Crippen LogP contribution in [-0.4, -0.2) is 6.61 Å². The van der Waals surface area contributed by atoms with E-state index in [4.69, 9.17) is 4.74 Å². The molecule has 84 valence electrons. The van der Waals surface area contributed by atoms with Crippen molar-refractivity contribution in [2.24, 2.45) is 0 Å². The van der Waals surface area contributed by atoms with E-state index in [0.29, 0.717) is 6.61 Å². The molecule has 0 unspecified atom stereocenters. The summed E-state index contributed by atoms with van der Waals surface area (Å²) in [5, 5.41) is 7.54. The third-order valence-electron chi connectivity index (χ3n) is 2.28. The summed E-state index contributed by atoms with van der Waals surface area (Å²) in [6, 6.07) is 10.2. The van der Waals surface area contributed by atoms with Gasteiger partial charge in [-0.05, 0) is 24.4 Å². The van der Waals surface area contributed by atoms with Crippen molar-refractivity contribution >= 4 is 17.0 Å². The molecule has 0 aliphatic heterocycles. The molecule has 0 fully saturated rings. The Labute approximate surface area is 99.9 Å². The average molecular weight is 233 g/mol. The Morgan fingerprint density at radius 3 is 2.88 bits per heavy atom. The molecular weight excluding hydrogens is 218 g/mol. The molecule has 1 aromatic heterocycles. The average Bonchev–Trinajstić information content (AvgIpc) is 2.81. The molecule has 3 heteroatoms. The first-order chi connectivity index (χ1) is 7.90. The van der Waals surface area contributed by atoms with Gasteiger partial charge in [0, 0.05) is 23.2 Å². The largest absolute Gasteiger partial charge is 0.494 e. The molecule has 1 aromatic carbocycles. The maximum atomic E-state index is 5.57. The zero-order chi connectivity index (χ0) is 11.2. The zero-order valence-corrected chi connectivity index (χ0v) is 10.1. The summed E-state index contributed by atoms with van der Waals surface area (Å²) >= 11 is 1.70. The summed E-state index contributed by atoms with van der Waals surface area (Å²) in [4.78, 5) is 0. The predicted molar refractivity (Wildman–Crippen MR) is 69.3 cm³/mol. The lowest BCUT2D eigenvalue weighted by atomic mass is 10.2. The molecule has 2 nitrogen and oxygen atoms in total. The molecule has 0 aliphatic rings. The van der Waals surface area contributed by atoms with Crippen LogP contribution in [0.1, 0.15) is 12.5 Å². The number of ether oxygens (including phenoxy) is 1. The maximum absolute atomic E-state index is 5.57. The summed E-state index contributed by atoms with van der Waals surface area (Å²) in [6.07, 6.45) is 0. The summed E-state index contributed by atoms with van der Waals surface area (Å²) in [6.45, 7) is 3.51. The van der Waals surface area contributed by atoms with Crippen LogP contribution in [0.4, 0.5) is 5.69 Å². The van der Waals surface area contributed by atoms with Crippen molar-refractivity contribution in [3.8, 4) is 5.75 Å². The van der Waals surface area contributed by atoms with Crippen LogP contribution < -0.4 is 10.1 Å². The lowest BCUT2D eigenvalue weighted by Gasteiger charge is -2.10. The van der Waals surface area contributed by atoms with Crippen molar-refractivity contribution < 1.29 is 4.74 Å². The molecule has 0 spiro atoms. The van der Waals surface area contributed by atoms with Crippen LogP contribution in [-0.2, 0) is 6.54 Å². The topological polar surface area (TPSA) is 21.3 Å². The third-order valence-corrected chi connectivity index (χ3v) is 2.96. The second kappa shape index (κ2) is 5.56. The first kappa shape index (κ1) is 11.0. The quantitative estimate of drug-likeness (QED) is 0.849. The summed E-state index contributed by atoms with van der Waals surface area (Å²) in [5.74, 6) is 0.965. The number of para-hydroxylation sites is 1. The van der Waals surface area contributed by atoms with Crippen molar-refractivity contribution in [2.45, 2.75) is 13.5 Å². The highest BCUT2D eigenvalue weighted by molar-refractivity contribution is 7.08. The number of anilines is 1. The third kappa shape index (κ3) is 2.76. The SMILES string of the molecule is CCOc1ccccc1CNc1ccsc1. The number of hydrogen-bond acceptors (Lipinski definition) is 3. The van der Waals surface area contributed by atoms with Gasteiger partial charge in [-0.25, -0.2) is 0 Å². The molecule has 0 amide bonds. The highest BCUT2D eigenvalue weighted by Gasteiger charge is 2.01. The van der Waals surface area contributed by atoms with Crippen molar-refractivity contribution in [3.63, 3.8) is 0 Å². The van der Waals surface area contributed by atoms with Gasteiger partial charge in [0.1, 0.15) is 5.75 Å². The first-order valence-corrected chi connectivity index (χ1v) is 6.31. The normalized spacial score (nSPS) is 10.1. The van der Waals surface area contributed by atoms with Crippen molar-refractivity contribution in [2.75, 3.05) is 11.9 Å². The van der Waals surface area contributed by atoms with Crippen LogP contribution in [0, 0.1) is 0 Å². The highest BCUT2D eigenvalue weighted by atomic mass is 32.1. The van der Waals surface area contributed by atoms with Gasteiger partial charge in [-0.1, -0.05) is 18.2 Å². The minimum atomic E-state index is 0.704. The van der Waals surface area contributed by atoms with E-state index >= 15 is 0 Å². The number of thiophene rings is 1. The van der Waals surface area contributed by atoms with Crippen molar-refractivity contribution in [1.29, 1.82) is 0 Å². The Balaban J connectivity index is 2.03. The van der Waals surface area contributed by atoms with Crippen LogP contribution in [0.5, 0.6) is 5.75 Å². The fraction of sp³-hybridized carbons (Fsp3) is 0.231. The molecule has 0 saturated heterocycles. The van der Waals surface area contributed by atoms with E-state index in [1.165, 1.54) is 5.56 Å². The minimum absolute atomic E-state index is 0.704. The Morgan fingerprint density at radius 1 is 1.25 bits per heavy atom. The number of hydrogen-bond donors (Lipinski definition) is 1. The first-order valence-electron chi connectivity index (χ1n) is 5.37. The van der Waals surface area contributed by atoms with Crippen LogP contribution in [0.15, 0.2) is 41.1 Å². The van der Waals surface area contributed by atoms with Crippen LogP contribution in [0.25, 0.3) is 0 Å². The van der Waals surface area contributed by atoms with Gasteiger partial charge in [0.2, 0.25) is 0 Å². The maximum Gasteiger partial charge on any atom is 0.124 e. The van der Waals surface area contributed by atoms with Crippen LogP contribution in [0.3, 0.4) is 0 Å². The minimum Gasteiger partial charge on any atom is -0.494 e. The van der Waals surface area contributed by atoms with E-state index < -0.39 is 0 Å². The molecule has 16 heavy (non-hydrogen) atoms. The van der Waals surface area contributed by atoms with Gasteiger partial charge in [0.05, 0.1) is 6.61 Å². The van der Waals surface area contributed by atoms with Crippen molar-refractivity contribution in [3.05, 3.63) is 46.7 Å². The molecule has 0 radical (unpaired) electrons. The van der Waals surface area contributed by atoms with Gasteiger partial charge >= 0.3 is 0 Å². The molecule has 2 rings (SSSR count). The summed E-state index contributed by atoms with van der Waals surface area (Å²) in [5.41, 5.74) is 2.35. The fourth-order valence-corrected chi connectivity index (χ4v) is 2.12. The van der Waals surface area contributed by atoms with E-state index in [2.05, 4.69) is 28.2 Å². The molecule has 0 bridgehead atoms. The van der Waals surface area contributed by atoms with Crippen molar-refractivity contribution in [1.82, 2.24) is 0 Å². The van der Waals surface area contributed by atoms with Gasteiger partial charge in [-0.15, -0.1) is 0 Å². The Morgan fingerprint density at radius 2 is 2.12 bits per heavy atom. The standard InChI is InChI=1S/C13H15NOS/c1-2-15-13-6-4-3-5-11(13)9-14-12-7-8-16-10-12/h3-8,10,14H,2,9H2,1H3. The van der Waals surface area contributed by atoms with Crippen LogP contribution >= 0.6 is 11.3 Å². The van der Waals surface area contributed by atoms with Gasteiger partial charge < -0.3 is 10.1 Å². The van der Waals surface area contributed by atoms with E-state index in [1.807, 2.05) is 25.1 Å². The van der Waals surface area contributed by atoms with Gasteiger partial charge in [-0.3, -0.25) is 0 Å². The summed E-state index contributed by atoms with van der Waals surface area (Å²) < 4.78 is 5.57. The second-order valence-electron chi connectivity index (χ2n) is 3.41. The fourth-order valence-electron chi connectivity index (χ4n) is 1.51. The van der Waals surface area contributed by atoms with E-state index in [-0.39, 0.29) is 0 Å². The highest BCUT2D eigenvalue weighted by Crippen LogP contribution is 2.20. The van der Waals surface area contributed by atoms with E-state index in [1.54, 1.807) is 11.3 Å². The molecule has 1 N–H and O–H groups in total. The molecule has 0 atom stereocenters. The molecule has 0 aliphatic carbocycles. The van der Waals surface area contributed by atoms with Gasteiger partial charge in [-0.2, -0.15) is 11.3 Å². The summed E-state index contributed by atoms with van der Waals surface area (Å²) in [7, 11) is 0. The zero-order valence-electron chi connectivity index (χ0n) is 9.27. The predicted octanol–water partition coefficient (Wildman–Crippen LogP) is 3.76. The van der Waals surface area contributed by atoms with Gasteiger partial charge in [0.15, 0.2) is 0 Å². The Hall–Kier alpha value is -1.48. The Kier molecular flexibility index (Phi) is 3.83. The van der Waals surface area contributed by atoms with E-state index in [9.17, 15) is 0 Å². The monoisotopic (exact) mass is 233 g/mol. The second-order valence-corrected chi connectivity index (χ2v) is 4.19. The molecule has 1 heterocycles. The molecule has 0 saturated carbocycles. The van der Waals surface area contributed by atoms with E-state index in [0.717, 1.165) is 18.0 Å². The number of benzene rings is 1. The van der Waals surface area contributed by atoms with Gasteiger partial charge in [0.25, 0.3) is 0 Å². The lowest BCUT2D eigenvalue weighted by molar-refractivity contribution is 0.337. The van der Waals surface area contributed by atoms with Crippen LogP contribution in [0.2, 0.25) is 0 Å². The molecule has 2 aromatic rings. The Bertz CT molecular complexity index is 425. The number of nitrogens with one attached hydrogen (secondary N) is 1. The molecular formula is C13H15NOS. The lowest BCUT2D eigenvalue weighted by Crippen LogP contribution is -2.02. The smallest absolute Gasteiger partial charge is 0.124 e.